The van der Waals surface area contributed by atoms with Crippen LogP contribution in [0.2, 0.25) is 0 Å². The summed E-state index contributed by atoms with van der Waals surface area (Å²) >= 11 is 0. The summed E-state index contributed by atoms with van der Waals surface area (Å²) in [6, 6.07) is 9.21. The third-order valence-corrected chi connectivity index (χ3v) is 4.17. The molecule has 0 unspecified atom stereocenters. The second-order valence-electron chi connectivity index (χ2n) is 5.58. The standard InChI is InChI=1S/C16H24N2O/c1-12(13-8-4-2-5-9-13)18-16(19)15(17)14-10-6-3-7-11-14/h3,6-7,10-13,15H,2,4-5,8-9,17H2,1H3,(H,18,19)/t12-,15+/m1/s1. The zero-order chi connectivity index (χ0) is 13.7. The van der Waals surface area contributed by atoms with Crippen LogP contribution in [0.1, 0.15) is 50.6 Å². The van der Waals surface area contributed by atoms with Crippen molar-refractivity contribution in [3.63, 3.8) is 0 Å². The van der Waals surface area contributed by atoms with Gasteiger partial charge in [0, 0.05) is 6.04 Å². The van der Waals surface area contributed by atoms with Crippen LogP contribution in [0.5, 0.6) is 0 Å². The van der Waals surface area contributed by atoms with E-state index in [2.05, 4.69) is 12.2 Å². The molecule has 2 rings (SSSR count). The molecule has 3 N–H and O–H groups in total. The summed E-state index contributed by atoms with van der Waals surface area (Å²) in [5, 5.41) is 3.08. The number of amides is 1. The van der Waals surface area contributed by atoms with Crippen molar-refractivity contribution < 1.29 is 4.79 Å². The zero-order valence-electron chi connectivity index (χ0n) is 11.6. The number of benzene rings is 1. The van der Waals surface area contributed by atoms with E-state index >= 15 is 0 Å². The normalized spacial score (nSPS) is 19.7. The largest absolute Gasteiger partial charge is 0.352 e. The van der Waals surface area contributed by atoms with Gasteiger partial charge in [-0.1, -0.05) is 49.6 Å². The van der Waals surface area contributed by atoms with Gasteiger partial charge < -0.3 is 11.1 Å². The van der Waals surface area contributed by atoms with E-state index in [0.29, 0.717) is 5.92 Å². The number of carbonyl (C=O) groups excluding carboxylic acids is 1. The van der Waals surface area contributed by atoms with Gasteiger partial charge in [0.05, 0.1) is 0 Å². The average Bonchev–Trinajstić information content (AvgIpc) is 2.48. The van der Waals surface area contributed by atoms with Crippen molar-refractivity contribution in [1.82, 2.24) is 5.32 Å². The van der Waals surface area contributed by atoms with Crippen LogP contribution in [0.25, 0.3) is 0 Å². The SMILES string of the molecule is C[C@@H](NC(=O)[C@@H](N)c1ccccc1)C1CCCCC1. The topological polar surface area (TPSA) is 55.1 Å². The Kier molecular flexibility index (Phi) is 4.97. The van der Waals surface area contributed by atoms with Gasteiger partial charge in [-0.3, -0.25) is 4.79 Å². The fourth-order valence-corrected chi connectivity index (χ4v) is 2.88. The lowest BCUT2D eigenvalue weighted by atomic mass is 9.84. The maximum Gasteiger partial charge on any atom is 0.241 e. The quantitative estimate of drug-likeness (QED) is 0.874. The molecule has 1 aromatic rings. The molecule has 0 aliphatic heterocycles. The van der Waals surface area contributed by atoms with Gasteiger partial charge in [-0.05, 0) is 31.2 Å². The van der Waals surface area contributed by atoms with Gasteiger partial charge >= 0.3 is 0 Å². The summed E-state index contributed by atoms with van der Waals surface area (Å²) in [7, 11) is 0. The first kappa shape index (κ1) is 14.1. The van der Waals surface area contributed by atoms with Crippen LogP contribution in [-0.4, -0.2) is 11.9 Å². The molecular formula is C16H24N2O. The van der Waals surface area contributed by atoms with Crippen LogP contribution in [-0.2, 0) is 4.79 Å². The molecule has 1 aliphatic carbocycles. The Morgan fingerprint density at radius 1 is 1.21 bits per heavy atom. The molecule has 0 heterocycles. The van der Waals surface area contributed by atoms with Gasteiger partial charge in [0.25, 0.3) is 0 Å². The molecule has 1 amide bonds. The lowest BCUT2D eigenvalue weighted by Crippen LogP contribution is -2.43. The predicted molar refractivity (Wildman–Crippen MR) is 77.6 cm³/mol. The highest BCUT2D eigenvalue weighted by Gasteiger charge is 2.24. The Hall–Kier alpha value is -1.35. The van der Waals surface area contributed by atoms with Crippen LogP contribution in [0, 0.1) is 5.92 Å². The van der Waals surface area contributed by atoms with Crippen molar-refractivity contribution in [3.05, 3.63) is 35.9 Å². The number of rotatable bonds is 4. The molecule has 0 radical (unpaired) electrons. The summed E-state index contributed by atoms with van der Waals surface area (Å²) in [5.41, 5.74) is 6.88. The van der Waals surface area contributed by atoms with Crippen molar-refractivity contribution in [1.29, 1.82) is 0 Å². The molecule has 104 valence electrons. The molecule has 3 heteroatoms. The van der Waals surface area contributed by atoms with E-state index in [1.165, 1.54) is 32.1 Å². The summed E-state index contributed by atoms with van der Waals surface area (Å²) < 4.78 is 0. The van der Waals surface area contributed by atoms with E-state index in [9.17, 15) is 4.79 Å². The molecule has 3 nitrogen and oxygen atoms in total. The van der Waals surface area contributed by atoms with Crippen LogP contribution < -0.4 is 11.1 Å². The van der Waals surface area contributed by atoms with Crippen molar-refractivity contribution in [2.24, 2.45) is 11.7 Å². The maximum atomic E-state index is 12.2. The minimum atomic E-state index is -0.563. The lowest BCUT2D eigenvalue weighted by molar-refractivity contribution is -0.123. The minimum Gasteiger partial charge on any atom is -0.352 e. The summed E-state index contributed by atoms with van der Waals surface area (Å²) in [4.78, 5) is 12.2. The molecule has 1 aliphatic rings. The summed E-state index contributed by atoms with van der Waals surface area (Å²) in [6.07, 6.45) is 6.36. The summed E-state index contributed by atoms with van der Waals surface area (Å²) in [5.74, 6) is 0.546. The van der Waals surface area contributed by atoms with Crippen molar-refractivity contribution in [3.8, 4) is 0 Å². The fraction of sp³-hybridized carbons (Fsp3) is 0.562. The van der Waals surface area contributed by atoms with E-state index in [0.717, 1.165) is 5.56 Å². The summed E-state index contributed by atoms with van der Waals surface area (Å²) in [6.45, 7) is 2.10. The fourth-order valence-electron chi connectivity index (χ4n) is 2.88. The Balaban J connectivity index is 1.89. The Morgan fingerprint density at radius 3 is 2.47 bits per heavy atom. The van der Waals surface area contributed by atoms with E-state index in [4.69, 9.17) is 5.73 Å². The first-order chi connectivity index (χ1) is 9.18. The second kappa shape index (κ2) is 6.71. The van der Waals surface area contributed by atoms with Crippen molar-refractivity contribution in [2.45, 2.75) is 51.1 Å². The number of nitrogens with one attached hydrogen (secondary N) is 1. The Bertz CT molecular complexity index is 398. The lowest BCUT2D eigenvalue weighted by Gasteiger charge is -2.29. The van der Waals surface area contributed by atoms with Gasteiger partial charge in [0.15, 0.2) is 0 Å². The number of carbonyl (C=O) groups is 1. The first-order valence-corrected chi connectivity index (χ1v) is 7.29. The third kappa shape index (κ3) is 3.80. The minimum absolute atomic E-state index is 0.0655. The maximum absolute atomic E-state index is 12.2. The molecule has 0 spiro atoms. The van der Waals surface area contributed by atoms with Crippen LogP contribution in [0.4, 0.5) is 0 Å². The molecule has 0 bridgehead atoms. The highest BCUT2D eigenvalue weighted by atomic mass is 16.2. The van der Waals surface area contributed by atoms with Crippen molar-refractivity contribution >= 4 is 5.91 Å². The Labute approximate surface area is 115 Å². The zero-order valence-corrected chi connectivity index (χ0v) is 11.6. The molecule has 1 aromatic carbocycles. The van der Waals surface area contributed by atoms with Gasteiger partial charge in [0.1, 0.15) is 6.04 Å². The van der Waals surface area contributed by atoms with Gasteiger partial charge in [-0.25, -0.2) is 0 Å². The van der Waals surface area contributed by atoms with E-state index < -0.39 is 6.04 Å². The molecular weight excluding hydrogens is 236 g/mol. The first-order valence-electron chi connectivity index (χ1n) is 7.29. The van der Waals surface area contributed by atoms with Gasteiger partial charge in [-0.2, -0.15) is 0 Å². The predicted octanol–water partition coefficient (Wildman–Crippen LogP) is 2.77. The van der Waals surface area contributed by atoms with E-state index in [-0.39, 0.29) is 11.9 Å². The number of nitrogens with two attached hydrogens (primary N) is 1. The van der Waals surface area contributed by atoms with Gasteiger partial charge in [-0.15, -0.1) is 0 Å². The van der Waals surface area contributed by atoms with Crippen LogP contribution in [0.3, 0.4) is 0 Å². The molecule has 2 atom stereocenters. The molecule has 1 saturated carbocycles. The van der Waals surface area contributed by atoms with Crippen LogP contribution in [0.15, 0.2) is 30.3 Å². The smallest absolute Gasteiger partial charge is 0.241 e. The molecule has 19 heavy (non-hydrogen) atoms. The molecule has 0 aromatic heterocycles. The van der Waals surface area contributed by atoms with Crippen LogP contribution >= 0.6 is 0 Å². The highest BCUT2D eigenvalue weighted by molar-refractivity contribution is 5.83. The second-order valence-corrected chi connectivity index (χ2v) is 5.58. The van der Waals surface area contributed by atoms with E-state index in [1.807, 2.05) is 30.3 Å². The number of hydrogen-bond donors (Lipinski definition) is 2. The average molecular weight is 260 g/mol. The van der Waals surface area contributed by atoms with Gasteiger partial charge in [0.2, 0.25) is 5.91 Å². The third-order valence-electron chi connectivity index (χ3n) is 4.17. The molecule has 0 saturated heterocycles. The highest BCUT2D eigenvalue weighted by Crippen LogP contribution is 2.26. The monoisotopic (exact) mass is 260 g/mol. The molecule has 1 fully saturated rings. The van der Waals surface area contributed by atoms with E-state index in [1.54, 1.807) is 0 Å². The number of hydrogen-bond acceptors (Lipinski definition) is 2. The Morgan fingerprint density at radius 2 is 1.84 bits per heavy atom. The van der Waals surface area contributed by atoms with Crippen molar-refractivity contribution in [2.75, 3.05) is 0 Å².